The molecule has 102 valence electrons. The molecule has 0 bridgehead atoms. The number of nitro benzene ring substituents is 2. The quantitative estimate of drug-likeness (QED) is 0.520. The van der Waals surface area contributed by atoms with Gasteiger partial charge < -0.3 is 10.5 Å². The molecule has 2 aromatic carbocycles. The second kappa shape index (κ2) is 5.22. The number of nitrogens with two attached hydrogens (primary N) is 1. The molecule has 8 nitrogen and oxygen atoms in total. The van der Waals surface area contributed by atoms with Gasteiger partial charge in [-0.25, -0.2) is 0 Å². The predicted octanol–water partition coefficient (Wildman–Crippen LogP) is 2.88. The number of benzene rings is 2. The Morgan fingerprint density at radius 2 is 1.35 bits per heavy atom. The molecule has 0 unspecified atom stereocenters. The van der Waals surface area contributed by atoms with Crippen LogP contribution in [0, 0.1) is 20.2 Å². The second-order valence-electron chi connectivity index (χ2n) is 3.87. The Morgan fingerprint density at radius 3 is 1.80 bits per heavy atom. The maximum atomic E-state index is 10.7. The summed E-state index contributed by atoms with van der Waals surface area (Å²) in [6.07, 6.45) is 0. The summed E-state index contributed by atoms with van der Waals surface area (Å²) in [5.74, 6) is 0.379. The van der Waals surface area contributed by atoms with Gasteiger partial charge in [-0.3, -0.25) is 20.2 Å². The lowest BCUT2D eigenvalue weighted by atomic mass is 10.2. The van der Waals surface area contributed by atoms with Gasteiger partial charge in [-0.05, 0) is 24.3 Å². The van der Waals surface area contributed by atoms with Gasteiger partial charge in [0.25, 0.3) is 11.4 Å². The van der Waals surface area contributed by atoms with Gasteiger partial charge in [0.2, 0.25) is 0 Å². The van der Waals surface area contributed by atoms with E-state index in [0.29, 0.717) is 11.4 Å². The smallest absolute Gasteiger partial charge is 0.280 e. The van der Waals surface area contributed by atoms with Crippen LogP contribution in [0.1, 0.15) is 0 Å². The zero-order valence-electron chi connectivity index (χ0n) is 10.1. The van der Waals surface area contributed by atoms with E-state index in [0.717, 1.165) is 18.2 Å². The van der Waals surface area contributed by atoms with E-state index >= 15 is 0 Å². The van der Waals surface area contributed by atoms with Crippen molar-refractivity contribution in [1.29, 1.82) is 0 Å². The Labute approximate surface area is 112 Å². The average Bonchev–Trinajstić information content (AvgIpc) is 2.41. The van der Waals surface area contributed by atoms with E-state index in [-0.39, 0.29) is 5.75 Å². The Bertz CT molecular complexity index is 637. The van der Waals surface area contributed by atoms with E-state index < -0.39 is 21.2 Å². The van der Waals surface area contributed by atoms with Crippen LogP contribution in [0.3, 0.4) is 0 Å². The number of nitro groups is 2. The number of nitrogen functional groups attached to an aromatic ring is 1. The molecule has 2 aromatic rings. The van der Waals surface area contributed by atoms with Crippen LogP contribution in [0.25, 0.3) is 0 Å². The first kappa shape index (κ1) is 13.3. The van der Waals surface area contributed by atoms with Crippen molar-refractivity contribution in [3.63, 3.8) is 0 Å². The summed E-state index contributed by atoms with van der Waals surface area (Å²) >= 11 is 0. The van der Waals surface area contributed by atoms with Crippen molar-refractivity contribution < 1.29 is 14.6 Å². The third kappa shape index (κ3) is 2.99. The van der Waals surface area contributed by atoms with Gasteiger partial charge in [-0.2, -0.15) is 0 Å². The van der Waals surface area contributed by atoms with Gasteiger partial charge in [-0.1, -0.05) is 0 Å². The van der Waals surface area contributed by atoms with Gasteiger partial charge >= 0.3 is 0 Å². The summed E-state index contributed by atoms with van der Waals surface area (Å²) in [5, 5.41) is 21.5. The highest BCUT2D eigenvalue weighted by Crippen LogP contribution is 2.30. The van der Waals surface area contributed by atoms with Crippen molar-refractivity contribution >= 4 is 17.1 Å². The van der Waals surface area contributed by atoms with Crippen molar-refractivity contribution in [3.05, 3.63) is 62.7 Å². The minimum Gasteiger partial charge on any atom is -0.457 e. The van der Waals surface area contributed by atoms with Crippen molar-refractivity contribution in [3.8, 4) is 11.5 Å². The fraction of sp³-hybridized carbons (Fsp3) is 0. The lowest BCUT2D eigenvalue weighted by Gasteiger charge is -2.05. The van der Waals surface area contributed by atoms with E-state index in [4.69, 9.17) is 10.5 Å². The van der Waals surface area contributed by atoms with Crippen LogP contribution in [0.4, 0.5) is 17.1 Å². The fourth-order valence-electron chi connectivity index (χ4n) is 1.51. The molecule has 0 fully saturated rings. The maximum Gasteiger partial charge on any atom is 0.280 e. The number of anilines is 1. The van der Waals surface area contributed by atoms with Crippen LogP contribution < -0.4 is 10.5 Å². The first-order valence-corrected chi connectivity index (χ1v) is 5.43. The maximum absolute atomic E-state index is 10.7. The lowest BCUT2D eigenvalue weighted by Crippen LogP contribution is -1.94. The third-order valence-corrected chi connectivity index (χ3v) is 2.41. The van der Waals surface area contributed by atoms with Crippen molar-refractivity contribution in [2.45, 2.75) is 0 Å². The average molecular weight is 275 g/mol. The van der Waals surface area contributed by atoms with Gasteiger partial charge in [-0.15, -0.1) is 0 Å². The van der Waals surface area contributed by atoms with Crippen molar-refractivity contribution in [2.24, 2.45) is 0 Å². The summed E-state index contributed by atoms with van der Waals surface area (Å²) in [6, 6.07) is 9.38. The molecule has 0 radical (unpaired) electrons. The second-order valence-corrected chi connectivity index (χ2v) is 3.87. The standard InChI is InChI=1S/C12H9N3O5/c13-8-1-3-11(4-2-8)20-12-6-9(14(16)17)5-10(7-12)15(18)19/h1-7H,13H2. The van der Waals surface area contributed by atoms with Crippen LogP contribution in [-0.2, 0) is 0 Å². The summed E-state index contributed by atoms with van der Waals surface area (Å²) < 4.78 is 5.35. The number of ether oxygens (including phenoxy) is 1. The summed E-state index contributed by atoms with van der Waals surface area (Å²) in [4.78, 5) is 20.0. The molecule has 2 N–H and O–H groups in total. The highest BCUT2D eigenvalue weighted by molar-refractivity contribution is 5.51. The Morgan fingerprint density at radius 1 is 0.850 bits per heavy atom. The minimum atomic E-state index is -0.719. The summed E-state index contributed by atoms with van der Waals surface area (Å²) in [5.41, 5.74) is 5.22. The predicted molar refractivity (Wildman–Crippen MR) is 70.7 cm³/mol. The third-order valence-electron chi connectivity index (χ3n) is 2.41. The molecule has 0 aliphatic rings. The molecule has 0 aliphatic heterocycles. The Kier molecular flexibility index (Phi) is 3.47. The largest absolute Gasteiger partial charge is 0.457 e. The van der Waals surface area contributed by atoms with Gasteiger partial charge in [0.1, 0.15) is 11.5 Å². The number of hydrogen-bond donors (Lipinski definition) is 1. The summed E-state index contributed by atoms with van der Waals surface area (Å²) in [7, 11) is 0. The van der Waals surface area contributed by atoms with Crippen molar-refractivity contribution in [1.82, 2.24) is 0 Å². The number of non-ortho nitro benzene ring substituents is 2. The molecule has 0 atom stereocenters. The fourth-order valence-corrected chi connectivity index (χ4v) is 1.51. The Balaban J connectivity index is 2.37. The van der Waals surface area contributed by atoms with Crippen LogP contribution in [-0.4, -0.2) is 9.85 Å². The van der Waals surface area contributed by atoms with Crippen LogP contribution in [0.15, 0.2) is 42.5 Å². The zero-order valence-corrected chi connectivity index (χ0v) is 10.1. The zero-order chi connectivity index (χ0) is 14.7. The molecule has 0 spiro atoms. The topological polar surface area (TPSA) is 122 Å². The monoisotopic (exact) mass is 275 g/mol. The summed E-state index contributed by atoms with van der Waals surface area (Å²) in [6.45, 7) is 0. The van der Waals surface area contributed by atoms with Crippen LogP contribution in [0.2, 0.25) is 0 Å². The van der Waals surface area contributed by atoms with Gasteiger partial charge in [0, 0.05) is 5.69 Å². The molecule has 0 aromatic heterocycles. The lowest BCUT2D eigenvalue weighted by molar-refractivity contribution is -0.394. The molecular weight excluding hydrogens is 266 g/mol. The number of hydrogen-bond acceptors (Lipinski definition) is 6. The Hall–Kier alpha value is -3.16. The van der Waals surface area contributed by atoms with E-state index in [1.54, 1.807) is 24.3 Å². The molecule has 0 aliphatic carbocycles. The SMILES string of the molecule is Nc1ccc(Oc2cc([N+](=O)[O-])cc([N+](=O)[O-])c2)cc1. The molecule has 0 amide bonds. The van der Waals surface area contributed by atoms with Gasteiger partial charge in [0.15, 0.2) is 0 Å². The number of nitrogens with zero attached hydrogens (tertiary/aromatic N) is 2. The van der Waals surface area contributed by atoms with E-state index in [1.807, 2.05) is 0 Å². The molecule has 8 heteroatoms. The number of rotatable bonds is 4. The highest BCUT2D eigenvalue weighted by atomic mass is 16.6. The van der Waals surface area contributed by atoms with E-state index in [2.05, 4.69) is 0 Å². The van der Waals surface area contributed by atoms with Crippen LogP contribution in [0.5, 0.6) is 11.5 Å². The molecule has 2 rings (SSSR count). The first-order chi connectivity index (χ1) is 9.45. The molecule has 0 saturated carbocycles. The van der Waals surface area contributed by atoms with Gasteiger partial charge in [0.05, 0.1) is 28.0 Å². The molecule has 0 heterocycles. The molecule has 0 saturated heterocycles. The normalized spacial score (nSPS) is 10.0. The first-order valence-electron chi connectivity index (χ1n) is 5.43. The molecular formula is C12H9N3O5. The van der Waals surface area contributed by atoms with Crippen LogP contribution >= 0.6 is 0 Å². The molecule has 20 heavy (non-hydrogen) atoms. The van der Waals surface area contributed by atoms with E-state index in [9.17, 15) is 20.2 Å². The van der Waals surface area contributed by atoms with Crippen molar-refractivity contribution in [2.75, 3.05) is 5.73 Å². The minimum absolute atomic E-state index is 0.00988. The highest BCUT2D eigenvalue weighted by Gasteiger charge is 2.17. The van der Waals surface area contributed by atoms with E-state index in [1.165, 1.54) is 0 Å².